The van der Waals surface area contributed by atoms with E-state index in [-0.39, 0.29) is 23.9 Å². The molecular formula is C36H42Cl3N5O4. The van der Waals surface area contributed by atoms with E-state index in [0.29, 0.717) is 65.0 Å². The number of hydrogen-bond acceptors (Lipinski definition) is 6. The van der Waals surface area contributed by atoms with Gasteiger partial charge in [0.2, 0.25) is 0 Å². The molecule has 0 N–H and O–H groups in total. The Kier molecular flexibility index (Phi) is 11.3. The lowest BCUT2D eigenvalue weighted by Gasteiger charge is -2.39. The number of hydroxylamine groups is 2. The summed E-state index contributed by atoms with van der Waals surface area (Å²) in [5.41, 5.74) is 3.08. The Morgan fingerprint density at radius 1 is 0.917 bits per heavy atom. The highest BCUT2D eigenvalue weighted by atomic mass is 35.5. The molecule has 0 aliphatic carbocycles. The summed E-state index contributed by atoms with van der Waals surface area (Å²) in [6.07, 6.45) is 0. The zero-order valence-electron chi connectivity index (χ0n) is 28.2. The average molecular weight is 715 g/mol. The molecule has 12 heteroatoms. The van der Waals surface area contributed by atoms with E-state index in [1.807, 2.05) is 77.4 Å². The summed E-state index contributed by atoms with van der Waals surface area (Å²) in [5.74, 6) is 0.907. The Labute approximate surface area is 297 Å². The summed E-state index contributed by atoms with van der Waals surface area (Å²) < 4.78 is 6.23. The van der Waals surface area contributed by atoms with Crippen molar-refractivity contribution in [2.24, 2.45) is 4.99 Å². The molecule has 0 unspecified atom stereocenters. The van der Waals surface area contributed by atoms with Gasteiger partial charge in [0, 0.05) is 48.3 Å². The second-order valence-corrected chi connectivity index (χ2v) is 14.2. The first-order valence-corrected chi connectivity index (χ1v) is 17.1. The first kappa shape index (κ1) is 36.0. The van der Waals surface area contributed by atoms with Gasteiger partial charge in [-0.2, -0.15) is 0 Å². The molecule has 2 heterocycles. The van der Waals surface area contributed by atoms with Crippen molar-refractivity contribution < 1.29 is 19.2 Å². The van der Waals surface area contributed by atoms with E-state index in [4.69, 9.17) is 49.4 Å². The third-order valence-electron chi connectivity index (χ3n) is 8.74. The lowest BCUT2D eigenvalue weighted by Crippen LogP contribution is -2.55. The van der Waals surface area contributed by atoms with Crippen molar-refractivity contribution >= 4 is 52.6 Å². The molecule has 9 nitrogen and oxygen atoms in total. The Bertz CT molecular complexity index is 1650. The Morgan fingerprint density at radius 2 is 1.50 bits per heavy atom. The Morgan fingerprint density at radius 3 is 2.04 bits per heavy atom. The minimum atomic E-state index is -0.517. The quantitative estimate of drug-likeness (QED) is 0.224. The number of amidine groups is 1. The highest BCUT2D eigenvalue weighted by molar-refractivity contribution is 6.32. The van der Waals surface area contributed by atoms with E-state index < -0.39 is 12.1 Å². The summed E-state index contributed by atoms with van der Waals surface area (Å²) in [7, 11) is 3.04. The molecular weight excluding hydrogens is 673 g/mol. The molecule has 5 rings (SSSR count). The summed E-state index contributed by atoms with van der Waals surface area (Å²) in [4.78, 5) is 43.3. The Balaban J connectivity index is 1.61. The Hall–Kier alpha value is -3.34. The van der Waals surface area contributed by atoms with Gasteiger partial charge >= 0.3 is 6.03 Å². The van der Waals surface area contributed by atoms with Crippen molar-refractivity contribution in [1.82, 2.24) is 19.8 Å². The van der Waals surface area contributed by atoms with Crippen LogP contribution in [0.5, 0.6) is 5.75 Å². The lowest BCUT2D eigenvalue weighted by atomic mass is 9.86. The smallest absolute Gasteiger partial charge is 0.326 e. The van der Waals surface area contributed by atoms with E-state index >= 15 is 0 Å². The van der Waals surface area contributed by atoms with Crippen molar-refractivity contribution in [3.63, 3.8) is 0 Å². The van der Waals surface area contributed by atoms with E-state index in [9.17, 15) is 9.59 Å². The number of ether oxygens (including phenoxy) is 1. The summed E-state index contributed by atoms with van der Waals surface area (Å²) in [6.45, 7) is 10.7. The highest BCUT2D eigenvalue weighted by Gasteiger charge is 2.45. The number of nitrogens with zero attached hydrogens (tertiary/aromatic N) is 5. The fraction of sp³-hybridized carbons (Fsp3) is 0.417. The molecule has 0 saturated carbocycles. The van der Waals surface area contributed by atoms with Gasteiger partial charge in [-0.1, -0.05) is 79.8 Å². The van der Waals surface area contributed by atoms with Gasteiger partial charge in [-0.3, -0.25) is 24.4 Å². The van der Waals surface area contributed by atoms with Gasteiger partial charge in [-0.25, -0.2) is 9.86 Å². The first-order valence-electron chi connectivity index (χ1n) is 16.0. The van der Waals surface area contributed by atoms with Crippen LogP contribution >= 0.6 is 34.8 Å². The lowest BCUT2D eigenvalue weighted by molar-refractivity contribution is -0.170. The molecule has 3 aromatic rings. The first-order chi connectivity index (χ1) is 22.8. The number of benzene rings is 3. The predicted molar refractivity (Wildman–Crippen MR) is 191 cm³/mol. The molecule has 0 radical (unpaired) electrons. The SMILES string of the molecule is CCOc1cc(C(C)(C)C)c(Cl)cc1C1=N[C@@H](c2ccc(Cl)cc2)[C@@H](c2ccc(Cl)cc2)N1C(=O)N1CCN(CC(=O)N(C)OC)CC1. The van der Waals surface area contributed by atoms with Gasteiger partial charge < -0.3 is 9.64 Å². The van der Waals surface area contributed by atoms with Gasteiger partial charge in [0.1, 0.15) is 17.6 Å². The second kappa shape index (κ2) is 15.0. The van der Waals surface area contributed by atoms with Crippen LogP contribution in [0.4, 0.5) is 4.79 Å². The number of likely N-dealkylation sites (N-methyl/N-ethyl adjacent to an activating group) is 1. The monoisotopic (exact) mass is 713 g/mol. The van der Waals surface area contributed by atoms with E-state index in [0.717, 1.165) is 16.7 Å². The number of carbonyl (C=O) groups is 2. The van der Waals surface area contributed by atoms with Crippen molar-refractivity contribution in [2.75, 3.05) is 53.5 Å². The maximum Gasteiger partial charge on any atom is 0.326 e. The number of hydrogen-bond donors (Lipinski definition) is 0. The predicted octanol–water partition coefficient (Wildman–Crippen LogP) is 7.65. The maximum atomic E-state index is 14.9. The minimum Gasteiger partial charge on any atom is -0.493 e. The normalized spacial score (nSPS) is 18.6. The average Bonchev–Trinajstić information content (AvgIpc) is 3.45. The van der Waals surface area contributed by atoms with Gasteiger partial charge in [0.15, 0.2) is 0 Å². The number of amides is 3. The maximum absolute atomic E-state index is 14.9. The van der Waals surface area contributed by atoms with E-state index in [2.05, 4.69) is 20.8 Å². The van der Waals surface area contributed by atoms with Crippen LogP contribution in [0.25, 0.3) is 0 Å². The molecule has 3 aromatic carbocycles. The summed E-state index contributed by atoms with van der Waals surface area (Å²) in [6, 6.07) is 17.7. The van der Waals surface area contributed by atoms with Crippen LogP contribution in [0.2, 0.25) is 15.1 Å². The van der Waals surface area contributed by atoms with E-state index in [1.54, 1.807) is 11.9 Å². The van der Waals surface area contributed by atoms with Crippen LogP contribution in [0.3, 0.4) is 0 Å². The van der Waals surface area contributed by atoms with Crippen molar-refractivity contribution in [3.05, 3.63) is 98.0 Å². The van der Waals surface area contributed by atoms with E-state index in [1.165, 1.54) is 12.2 Å². The third kappa shape index (κ3) is 7.76. The fourth-order valence-corrected chi connectivity index (χ4v) is 6.77. The molecule has 256 valence electrons. The number of carbonyl (C=O) groups excluding carboxylic acids is 2. The number of aliphatic imine (C=N–C) groups is 1. The largest absolute Gasteiger partial charge is 0.493 e. The van der Waals surface area contributed by atoms with Crippen LogP contribution < -0.4 is 4.74 Å². The minimum absolute atomic E-state index is 0.154. The molecule has 2 aliphatic rings. The van der Waals surface area contributed by atoms with Crippen molar-refractivity contribution in [1.29, 1.82) is 0 Å². The summed E-state index contributed by atoms with van der Waals surface area (Å²) >= 11 is 19.6. The molecule has 3 amide bonds. The van der Waals surface area contributed by atoms with Crippen LogP contribution in [-0.2, 0) is 15.0 Å². The molecule has 0 aromatic heterocycles. The molecule has 2 atom stereocenters. The van der Waals surface area contributed by atoms with Crippen molar-refractivity contribution in [3.8, 4) is 5.75 Å². The van der Waals surface area contributed by atoms with Crippen molar-refractivity contribution in [2.45, 2.75) is 45.2 Å². The van der Waals surface area contributed by atoms with Crippen LogP contribution in [-0.4, -0.2) is 91.0 Å². The zero-order chi connectivity index (χ0) is 34.7. The van der Waals surface area contributed by atoms with Crippen LogP contribution in [0.1, 0.15) is 62.0 Å². The molecule has 0 bridgehead atoms. The van der Waals surface area contributed by atoms with Gasteiger partial charge in [0.05, 0.1) is 31.9 Å². The van der Waals surface area contributed by atoms with Gasteiger partial charge in [0.25, 0.3) is 5.91 Å². The second-order valence-electron chi connectivity index (χ2n) is 12.9. The fourth-order valence-electron chi connectivity index (χ4n) is 6.07. The number of piperazine rings is 1. The topological polar surface area (TPSA) is 77.9 Å². The zero-order valence-corrected chi connectivity index (χ0v) is 30.4. The van der Waals surface area contributed by atoms with Gasteiger partial charge in [-0.05, 0) is 65.4 Å². The van der Waals surface area contributed by atoms with Crippen LogP contribution in [0.15, 0.2) is 65.7 Å². The number of rotatable bonds is 8. The molecule has 48 heavy (non-hydrogen) atoms. The summed E-state index contributed by atoms with van der Waals surface area (Å²) in [5, 5.41) is 2.97. The molecule has 2 aliphatic heterocycles. The molecule has 1 saturated heterocycles. The number of urea groups is 1. The van der Waals surface area contributed by atoms with Gasteiger partial charge in [-0.15, -0.1) is 0 Å². The van der Waals surface area contributed by atoms with Crippen LogP contribution in [0, 0.1) is 0 Å². The highest BCUT2D eigenvalue weighted by Crippen LogP contribution is 2.46. The molecule has 1 fully saturated rings. The molecule has 0 spiro atoms. The standard InChI is InChI=1S/C36H42Cl3N5O4/c1-7-48-30-21-28(36(2,3)4)29(39)20-27(30)34-40-32(23-8-12-25(37)13-9-23)33(24-10-14-26(38)15-11-24)44(34)35(46)43-18-16-42(17-19-43)22-31(45)41(5)47-6/h8-15,20-21,32-33H,7,16-19,22H2,1-6H3/t32-,33+/m0/s1. The number of halogens is 3. The third-order valence-corrected chi connectivity index (χ3v) is 9.56.